The lowest BCUT2D eigenvalue weighted by atomic mass is 10.1. The molecule has 1 N–H and O–H groups in total. The van der Waals surface area contributed by atoms with Gasteiger partial charge in [-0.2, -0.15) is 0 Å². The normalized spacial score (nSPS) is 27.7. The highest BCUT2D eigenvalue weighted by molar-refractivity contribution is 9.10. The molecule has 2 unspecified atom stereocenters. The molecular formula is C14H17BrFNO. The molecule has 2 aliphatic rings. The van der Waals surface area contributed by atoms with Crippen molar-refractivity contribution >= 4 is 15.9 Å². The van der Waals surface area contributed by atoms with Gasteiger partial charge in [0.2, 0.25) is 0 Å². The lowest BCUT2D eigenvalue weighted by Crippen LogP contribution is -2.37. The maximum Gasteiger partial charge on any atom is 0.124 e. The van der Waals surface area contributed by atoms with Crippen molar-refractivity contribution in [1.82, 2.24) is 5.32 Å². The Bertz CT molecular complexity index is 416. The van der Waals surface area contributed by atoms with Gasteiger partial charge in [0.05, 0.1) is 6.10 Å². The van der Waals surface area contributed by atoms with Crippen LogP contribution in [0.15, 0.2) is 22.7 Å². The highest BCUT2D eigenvalue weighted by atomic mass is 79.9. The predicted octanol–water partition coefficient (Wildman–Crippen LogP) is 3.25. The van der Waals surface area contributed by atoms with Crippen LogP contribution < -0.4 is 5.32 Å². The summed E-state index contributed by atoms with van der Waals surface area (Å²) in [5.41, 5.74) is 0.975. The van der Waals surface area contributed by atoms with Gasteiger partial charge in [0.15, 0.2) is 0 Å². The highest BCUT2D eigenvalue weighted by Crippen LogP contribution is 2.38. The molecule has 1 heterocycles. The molecule has 0 radical (unpaired) electrons. The van der Waals surface area contributed by atoms with Gasteiger partial charge in [-0.15, -0.1) is 0 Å². The van der Waals surface area contributed by atoms with Crippen molar-refractivity contribution in [2.24, 2.45) is 5.92 Å². The summed E-state index contributed by atoms with van der Waals surface area (Å²) < 4.78 is 19.8. The molecule has 0 aromatic heterocycles. The van der Waals surface area contributed by atoms with Gasteiger partial charge in [-0.3, -0.25) is 0 Å². The molecule has 1 aliphatic carbocycles. The molecule has 1 saturated carbocycles. The maximum absolute atomic E-state index is 13.3. The fourth-order valence-electron chi connectivity index (χ4n) is 2.68. The average molecular weight is 314 g/mol. The summed E-state index contributed by atoms with van der Waals surface area (Å²) in [6.07, 6.45) is 4.04. The fraction of sp³-hybridized carbons (Fsp3) is 0.571. The summed E-state index contributed by atoms with van der Waals surface area (Å²) in [4.78, 5) is 0. The van der Waals surface area contributed by atoms with E-state index in [2.05, 4.69) is 21.2 Å². The standard InChI is InChI=1S/C14H17BrFNO/c15-11-5-9(6-12(16)7-11)8-17-13-3-4-18-14(13)10-1-2-10/h5-7,10,13-14,17H,1-4,8H2. The summed E-state index contributed by atoms with van der Waals surface area (Å²) in [6, 6.07) is 5.45. The van der Waals surface area contributed by atoms with Crippen LogP contribution in [0, 0.1) is 11.7 Å². The van der Waals surface area contributed by atoms with E-state index in [4.69, 9.17) is 4.74 Å². The first-order valence-corrected chi connectivity index (χ1v) is 7.31. The first-order chi connectivity index (χ1) is 8.72. The van der Waals surface area contributed by atoms with Crippen molar-refractivity contribution in [3.8, 4) is 0 Å². The molecule has 1 saturated heterocycles. The number of benzene rings is 1. The van der Waals surface area contributed by atoms with Crippen LogP contribution in [-0.4, -0.2) is 18.8 Å². The van der Waals surface area contributed by atoms with Crippen LogP contribution in [0.3, 0.4) is 0 Å². The van der Waals surface area contributed by atoms with E-state index in [-0.39, 0.29) is 5.82 Å². The van der Waals surface area contributed by atoms with Crippen molar-refractivity contribution in [1.29, 1.82) is 0 Å². The van der Waals surface area contributed by atoms with Gasteiger partial charge in [0.1, 0.15) is 5.82 Å². The van der Waals surface area contributed by atoms with Crippen molar-refractivity contribution < 1.29 is 9.13 Å². The third kappa shape index (κ3) is 2.92. The van der Waals surface area contributed by atoms with Crippen LogP contribution in [0.5, 0.6) is 0 Å². The number of halogens is 2. The van der Waals surface area contributed by atoms with Crippen molar-refractivity contribution in [2.45, 2.75) is 38.0 Å². The molecule has 0 amide bonds. The Labute approximate surface area is 115 Å². The predicted molar refractivity (Wildman–Crippen MR) is 71.8 cm³/mol. The Hall–Kier alpha value is -0.450. The minimum atomic E-state index is -0.192. The van der Waals surface area contributed by atoms with Gasteiger partial charge in [0.25, 0.3) is 0 Å². The molecule has 0 spiro atoms. The SMILES string of the molecule is Fc1cc(Br)cc(CNC2CCOC2C2CC2)c1. The van der Waals surface area contributed by atoms with Crippen LogP contribution in [0.4, 0.5) is 4.39 Å². The molecule has 98 valence electrons. The summed E-state index contributed by atoms with van der Waals surface area (Å²) in [5, 5.41) is 3.51. The summed E-state index contributed by atoms with van der Waals surface area (Å²) in [6.45, 7) is 1.55. The molecule has 4 heteroatoms. The van der Waals surface area contributed by atoms with Gasteiger partial charge in [-0.05, 0) is 48.9 Å². The molecule has 3 rings (SSSR count). The molecule has 1 aromatic carbocycles. The van der Waals surface area contributed by atoms with E-state index in [0.717, 1.165) is 29.0 Å². The average Bonchev–Trinajstić information content (AvgIpc) is 3.05. The van der Waals surface area contributed by atoms with E-state index in [1.807, 2.05) is 6.07 Å². The molecular weight excluding hydrogens is 297 g/mol. The van der Waals surface area contributed by atoms with Gasteiger partial charge < -0.3 is 10.1 Å². The molecule has 1 aromatic rings. The van der Waals surface area contributed by atoms with Gasteiger partial charge >= 0.3 is 0 Å². The summed E-state index contributed by atoms with van der Waals surface area (Å²) in [7, 11) is 0. The second-order valence-corrected chi connectivity index (χ2v) is 6.14. The largest absolute Gasteiger partial charge is 0.376 e. The number of hydrogen-bond acceptors (Lipinski definition) is 2. The van der Waals surface area contributed by atoms with Gasteiger partial charge in [-0.1, -0.05) is 15.9 Å². The highest BCUT2D eigenvalue weighted by Gasteiger charge is 2.40. The summed E-state index contributed by atoms with van der Waals surface area (Å²) in [5.74, 6) is 0.562. The lowest BCUT2D eigenvalue weighted by molar-refractivity contribution is 0.0809. The number of rotatable bonds is 4. The molecule has 2 atom stereocenters. The Kier molecular flexibility index (Phi) is 3.68. The van der Waals surface area contributed by atoms with Gasteiger partial charge in [-0.25, -0.2) is 4.39 Å². The third-order valence-electron chi connectivity index (χ3n) is 3.71. The number of nitrogens with one attached hydrogen (secondary N) is 1. The summed E-state index contributed by atoms with van der Waals surface area (Å²) >= 11 is 3.32. The topological polar surface area (TPSA) is 21.3 Å². The molecule has 1 aliphatic heterocycles. The number of hydrogen-bond donors (Lipinski definition) is 1. The molecule has 2 fully saturated rings. The lowest BCUT2D eigenvalue weighted by Gasteiger charge is -2.19. The first kappa shape index (κ1) is 12.6. The zero-order valence-electron chi connectivity index (χ0n) is 10.2. The zero-order valence-corrected chi connectivity index (χ0v) is 11.7. The van der Waals surface area contributed by atoms with E-state index in [0.29, 0.717) is 18.7 Å². The van der Waals surface area contributed by atoms with Crippen molar-refractivity contribution in [3.05, 3.63) is 34.1 Å². The Morgan fingerprint density at radius 3 is 2.83 bits per heavy atom. The fourth-order valence-corrected chi connectivity index (χ4v) is 3.19. The smallest absolute Gasteiger partial charge is 0.124 e. The molecule has 2 nitrogen and oxygen atoms in total. The third-order valence-corrected chi connectivity index (χ3v) is 4.17. The van der Waals surface area contributed by atoms with Crippen LogP contribution in [0.25, 0.3) is 0 Å². The quantitative estimate of drug-likeness (QED) is 0.921. The van der Waals surface area contributed by atoms with Gasteiger partial charge in [0, 0.05) is 23.7 Å². The van der Waals surface area contributed by atoms with Crippen LogP contribution in [0.1, 0.15) is 24.8 Å². The Balaban J connectivity index is 1.59. The van der Waals surface area contributed by atoms with Crippen molar-refractivity contribution in [3.63, 3.8) is 0 Å². The van der Waals surface area contributed by atoms with E-state index >= 15 is 0 Å². The van der Waals surface area contributed by atoms with Crippen LogP contribution >= 0.6 is 15.9 Å². The molecule has 0 bridgehead atoms. The minimum absolute atomic E-state index is 0.192. The molecule has 18 heavy (non-hydrogen) atoms. The monoisotopic (exact) mass is 313 g/mol. The Morgan fingerprint density at radius 2 is 2.11 bits per heavy atom. The van der Waals surface area contributed by atoms with Crippen LogP contribution in [0.2, 0.25) is 0 Å². The Morgan fingerprint density at radius 1 is 1.28 bits per heavy atom. The second-order valence-electron chi connectivity index (χ2n) is 5.23. The van der Waals surface area contributed by atoms with Crippen molar-refractivity contribution in [2.75, 3.05) is 6.61 Å². The zero-order chi connectivity index (χ0) is 12.5. The van der Waals surface area contributed by atoms with E-state index in [1.165, 1.54) is 18.9 Å². The van der Waals surface area contributed by atoms with E-state index in [1.54, 1.807) is 6.07 Å². The maximum atomic E-state index is 13.3. The number of ether oxygens (including phenoxy) is 1. The second kappa shape index (κ2) is 5.27. The van der Waals surface area contributed by atoms with Crippen LogP contribution in [-0.2, 0) is 11.3 Å². The van der Waals surface area contributed by atoms with E-state index in [9.17, 15) is 4.39 Å². The first-order valence-electron chi connectivity index (χ1n) is 6.52. The van der Waals surface area contributed by atoms with E-state index < -0.39 is 0 Å². The minimum Gasteiger partial charge on any atom is -0.376 e.